The van der Waals surface area contributed by atoms with Crippen LogP contribution in [0.15, 0.2) is 18.2 Å². The highest BCUT2D eigenvalue weighted by atomic mass is 19.1. The molecule has 0 aliphatic rings. The van der Waals surface area contributed by atoms with E-state index in [1.807, 2.05) is 13.0 Å². The van der Waals surface area contributed by atoms with Crippen LogP contribution in [-0.2, 0) is 0 Å². The van der Waals surface area contributed by atoms with Gasteiger partial charge in [0.25, 0.3) is 0 Å². The number of benzene rings is 1. The van der Waals surface area contributed by atoms with E-state index in [0.717, 1.165) is 0 Å². The van der Waals surface area contributed by atoms with E-state index in [-0.39, 0.29) is 11.6 Å². The molecule has 0 unspecified atom stereocenters. The molecule has 5 nitrogen and oxygen atoms in total. The Balaban J connectivity index is 2.60. The fourth-order valence-corrected chi connectivity index (χ4v) is 1.87. The monoisotopic (exact) mass is 259 g/mol. The minimum Gasteiger partial charge on any atom is -0.382 e. The van der Waals surface area contributed by atoms with E-state index in [1.54, 1.807) is 13.0 Å². The van der Waals surface area contributed by atoms with Gasteiger partial charge < -0.3 is 11.1 Å². The smallest absolute Gasteiger partial charge is 0.168 e. The number of hydrogen-bond acceptors (Lipinski definition) is 4. The van der Waals surface area contributed by atoms with Crippen LogP contribution in [0.5, 0.6) is 0 Å². The van der Waals surface area contributed by atoms with Crippen molar-refractivity contribution in [2.24, 2.45) is 0 Å². The molecule has 0 amide bonds. The Kier molecular flexibility index (Phi) is 3.38. The number of anilines is 2. The fraction of sp³-hybridized carbons (Fsp3) is 0.231. The lowest BCUT2D eigenvalue weighted by Gasteiger charge is -2.07. The van der Waals surface area contributed by atoms with Crippen LogP contribution < -0.4 is 11.1 Å². The summed E-state index contributed by atoms with van der Waals surface area (Å²) in [7, 11) is 0. The zero-order valence-electron chi connectivity index (χ0n) is 10.7. The van der Waals surface area contributed by atoms with Crippen molar-refractivity contribution in [3.8, 4) is 11.8 Å². The molecule has 0 aliphatic heterocycles. The highest BCUT2D eigenvalue weighted by Crippen LogP contribution is 2.25. The van der Waals surface area contributed by atoms with Crippen molar-refractivity contribution in [3.63, 3.8) is 0 Å². The van der Waals surface area contributed by atoms with Crippen molar-refractivity contribution in [1.82, 2.24) is 9.78 Å². The SMILES string of the molecule is CCNc1nn(-c2ccc(F)cc2C)c(N)c1C#N. The molecule has 0 radical (unpaired) electrons. The minimum atomic E-state index is -0.320. The lowest BCUT2D eigenvalue weighted by Crippen LogP contribution is -2.05. The van der Waals surface area contributed by atoms with Gasteiger partial charge in [0.2, 0.25) is 0 Å². The zero-order valence-corrected chi connectivity index (χ0v) is 10.7. The largest absolute Gasteiger partial charge is 0.382 e. The van der Waals surface area contributed by atoms with Crippen molar-refractivity contribution in [2.75, 3.05) is 17.6 Å². The molecule has 0 atom stereocenters. The topological polar surface area (TPSA) is 79.7 Å². The molecule has 0 aliphatic carbocycles. The van der Waals surface area contributed by atoms with Crippen LogP contribution in [0.1, 0.15) is 18.1 Å². The molecule has 6 heteroatoms. The second kappa shape index (κ2) is 4.98. The second-order valence-electron chi connectivity index (χ2n) is 4.09. The molecular weight excluding hydrogens is 245 g/mol. The van der Waals surface area contributed by atoms with Crippen LogP contribution in [0.2, 0.25) is 0 Å². The van der Waals surface area contributed by atoms with Gasteiger partial charge in [0.1, 0.15) is 23.3 Å². The third kappa shape index (κ3) is 2.22. The van der Waals surface area contributed by atoms with Crippen molar-refractivity contribution in [3.05, 3.63) is 35.1 Å². The average molecular weight is 259 g/mol. The number of halogens is 1. The van der Waals surface area contributed by atoms with E-state index in [4.69, 9.17) is 11.0 Å². The Hall–Kier alpha value is -2.55. The first kappa shape index (κ1) is 12.9. The molecular formula is C13H14FN5. The Morgan fingerprint density at radius 1 is 1.53 bits per heavy atom. The lowest BCUT2D eigenvalue weighted by atomic mass is 10.2. The summed E-state index contributed by atoms with van der Waals surface area (Å²) < 4.78 is 14.6. The first-order chi connectivity index (χ1) is 9.08. The van der Waals surface area contributed by atoms with Gasteiger partial charge in [-0.3, -0.25) is 0 Å². The van der Waals surface area contributed by atoms with Gasteiger partial charge in [0.15, 0.2) is 5.82 Å². The molecule has 3 N–H and O–H groups in total. The molecule has 0 saturated heterocycles. The van der Waals surface area contributed by atoms with Gasteiger partial charge in [-0.05, 0) is 37.6 Å². The standard InChI is InChI=1S/C13H14FN5/c1-3-17-13-10(7-15)12(16)19(18-13)11-5-4-9(14)6-8(11)2/h4-6H,3,16H2,1-2H3,(H,17,18). The van der Waals surface area contributed by atoms with E-state index in [1.165, 1.54) is 16.8 Å². The van der Waals surface area contributed by atoms with Crippen molar-refractivity contribution < 1.29 is 4.39 Å². The summed E-state index contributed by atoms with van der Waals surface area (Å²) in [5, 5.41) is 16.4. The molecule has 2 aromatic rings. The highest BCUT2D eigenvalue weighted by molar-refractivity contribution is 5.66. The molecule has 0 spiro atoms. The molecule has 19 heavy (non-hydrogen) atoms. The number of nitrogens with zero attached hydrogens (tertiary/aromatic N) is 3. The number of hydrogen-bond donors (Lipinski definition) is 2. The van der Waals surface area contributed by atoms with Gasteiger partial charge in [0, 0.05) is 6.54 Å². The maximum atomic E-state index is 13.1. The summed E-state index contributed by atoms with van der Waals surface area (Å²) in [5.41, 5.74) is 7.57. The summed E-state index contributed by atoms with van der Waals surface area (Å²) in [6, 6.07) is 6.35. The summed E-state index contributed by atoms with van der Waals surface area (Å²) in [4.78, 5) is 0. The molecule has 0 bridgehead atoms. The average Bonchev–Trinajstić information content (AvgIpc) is 2.66. The molecule has 1 aromatic heterocycles. The van der Waals surface area contributed by atoms with Crippen LogP contribution in [0.25, 0.3) is 5.69 Å². The van der Waals surface area contributed by atoms with E-state index >= 15 is 0 Å². The minimum absolute atomic E-state index is 0.244. The first-order valence-electron chi connectivity index (χ1n) is 5.87. The number of nitrogens with one attached hydrogen (secondary N) is 1. The van der Waals surface area contributed by atoms with Crippen molar-refractivity contribution >= 4 is 11.6 Å². The Morgan fingerprint density at radius 2 is 2.26 bits per heavy atom. The molecule has 1 aromatic carbocycles. The van der Waals surface area contributed by atoms with Gasteiger partial charge in [-0.25, -0.2) is 9.07 Å². The van der Waals surface area contributed by atoms with Gasteiger partial charge in [0.05, 0.1) is 5.69 Å². The quantitative estimate of drug-likeness (QED) is 0.885. The predicted octanol–water partition coefficient (Wildman–Crippen LogP) is 2.21. The Labute approximate surface area is 110 Å². The van der Waals surface area contributed by atoms with E-state index < -0.39 is 0 Å². The van der Waals surface area contributed by atoms with Gasteiger partial charge in [-0.15, -0.1) is 5.10 Å². The molecule has 1 heterocycles. The summed E-state index contributed by atoms with van der Waals surface area (Å²) in [5.74, 6) is 0.360. The van der Waals surface area contributed by atoms with Crippen LogP contribution >= 0.6 is 0 Å². The number of nitrogens with two attached hydrogens (primary N) is 1. The van der Waals surface area contributed by atoms with Gasteiger partial charge >= 0.3 is 0 Å². The highest BCUT2D eigenvalue weighted by Gasteiger charge is 2.17. The summed E-state index contributed by atoms with van der Waals surface area (Å²) in [6.07, 6.45) is 0. The number of aromatic nitrogens is 2. The summed E-state index contributed by atoms with van der Waals surface area (Å²) >= 11 is 0. The number of nitriles is 1. The lowest BCUT2D eigenvalue weighted by molar-refractivity contribution is 0.625. The fourth-order valence-electron chi connectivity index (χ4n) is 1.87. The molecule has 0 saturated carbocycles. The van der Waals surface area contributed by atoms with E-state index in [0.29, 0.717) is 29.2 Å². The van der Waals surface area contributed by atoms with Crippen LogP contribution in [0, 0.1) is 24.1 Å². The maximum Gasteiger partial charge on any atom is 0.168 e. The predicted molar refractivity (Wildman–Crippen MR) is 71.6 cm³/mol. The van der Waals surface area contributed by atoms with Gasteiger partial charge in [-0.1, -0.05) is 0 Å². The van der Waals surface area contributed by atoms with Crippen LogP contribution in [0.4, 0.5) is 16.0 Å². The maximum absolute atomic E-state index is 13.1. The van der Waals surface area contributed by atoms with E-state index in [2.05, 4.69) is 10.4 Å². The normalized spacial score (nSPS) is 10.2. The molecule has 98 valence electrons. The second-order valence-corrected chi connectivity index (χ2v) is 4.09. The van der Waals surface area contributed by atoms with E-state index in [9.17, 15) is 4.39 Å². The molecule has 2 rings (SSSR count). The van der Waals surface area contributed by atoms with Crippen LogP contribution in [0.3, 0.4) is 0 Å². The Bertz CT molecular complexity index is 654. The number of nitrogen functional groups attached to an aromatic ring is 1. The third-order valence-corrected chi connectivity index (χ3v) is 2.76. The molecule has 0 fully saturated rings. The van der Waals surface area contributed by atoms with Crippen molar-refractivity contribution in [1.29, 1.82) is 5.26 Å². The zero-order chi connectivity index (χ0) is 14.0. The summed E-state index contributed by atoms with van der Waals surface area (Å²) in [6.45, 7) is 4.30. The number of rotatable bonds is 3. The van der Waals surface area contributed by atoms with Crippen molar-refractivity contribution in [2.45, 2.75) is 13.8 Å². The third-order valence-electron chi connectivity index (χ3n) is 2.76. The Morgan fingerprint density at radius 3 is 2.84 bits per heavy atom. The first-order valence-corrected chi connectivity index (χ1v) is 5.87. The van der Waals surface area contributed by atoms with Crippen LogP contribution in [-0.4, -0.2) is 16.3 Å². The number of aryl methyl sites for hydroxylation is 1. The van der Waals surface area contributed by atoms with Gasteiger partial charge in [-0.2, -0.15) is 5.26 Å².